The summed E-state index contributed by atoms with van der Waals surface area (Å²) in [5.74, 6) is -9.27. The van der Waals surface area contributed by atoms with E-state index in [0.717, 1.165) is 5.57 Å². The van der Waals surface area contributed by atoms with Gasteiger partial charge in [-0.1, -0.05) is 36.4 Å². The molecule has 2 amide bonds. The van der Waals surface area contributed by atoms with Crippen molar-refractivity contribution in [1.29, 1.82) is 0 Å². The molecule has 2 fully saturated rings. The number of carbonyl (C=O) groups is 2. The smallest absolute Gasteiger partial charge is 0.238 e. The van der Waals surface area contributed by atoms with Crippen LogP contribution in [0.15, 0.2) is 78.4 Å². The Morgan fingerprint density at radius 1 is 0.611 bits per heavy atom. The summed E-state index contributed by atoms with van der Waals surface area (Å²) in [6.45, 7) is 0. The maximum atomic E-state index is 14.5. The molecule has 2 aliphatic carbocycles. The Balaban J connectivity index is 1.49. The molecular weight excluding hydrogens is 477 g/mol. The third-order valence-electron chi connectivity index (χ3n) is 7.18. The van der Waals surface area contributed by atoms with Crippen molar-refractivity contribution in [3.05, 3.63) is 119 Å². The lowest BCUT2D eigenvalue weighted by atomic mass is 9.85. The number of carbonyl (C=O) groups excluding carboxylic acids is 2. The second kappa shape index (κ2) is 7.98. The number of benzene rings is 3. The van der Waals surface area contributed by atoms with Crippen LogP contribution in [0.2, 0.25) is 0 Å². The van der Waals surface area contributed by atoms with Crippen molar-refractivity contribution in [1.82, 2.24) is 0 Å². The number of hydrogen-bond acceptors (Lipinski definition) is 2. The van der Waals surface area contributed by atoms with E-state index in [4.69, 9.17) is 0 Å². The Bertz CT molecular complexity index is 1390. The first-order valence-corrected chi connectivity index (χ1v) is 11.2. The second-order valence-corrected chi connectivity index (χ2v) is 9.06. The molecule has 4 atom stereocenters. The van der Waals surface area contributed by atoms with E-state index in [2.05, 4.69) is 0 Å². The number of fused-ring (bicyclic) bond motifs is 5. The lowest BCUT2D eigenvalue weighted by Crippen LogP contribution is -2.35. The molecule has 0 aromatic heterocycles. The molecule has 1 saturated heterocycles. The van der Waals surface area contributed by atoms with Gasteiger partial charge in [0.2, 0.25) is 11.8 Å². The molecule has 0 spiro atoms. The molecule has 3 aromatic carbocycles. The topological polar surface area (TPSA) is 37.4 Å². The van der Waals surface area contributed by atoms with Crippen LogP contribution >= 0.6 is 0 Å². The van der Waals surface area contributed by atoms with E-state index in [0.29, 0.717) is 33.7 Å². The molecule has 36 heavy (non-hydrogen) atoms. The molecule has 180 valence electrons. The highest BCUT2D eigenvalue weighted by Crippen LogP contribution is 2.59. The molecule has 3 nitrogen and oxygen atoms in total. The van der Waals surface area contributed by atoms with E-state index in [1.54, 1.807) is 36.4 Å². The number of imide groups is 1. The van der Waals surface area contributed by atoms with E-state index >= 15 is 0 Å². The van der Waals surface area contributed by atoms with Gasteiger partial charge >= 0.3 is 0 Å². The van der Waals surface area contributed by atoms with Gasteiger partial charge in [0.1, 0.15) is 23.1 Å². The zero-order chi connectivity index (χ0) is 25.3. The summed E-state index contributed by atoms with van der Waals surface area (Å²) < 4.78 is 69.8. The van der Waals surface area contributed by atoms with E-state index < -0.39 is 70.3 Å². The van der Waals surface area contributed by atoms with Crippen LogP contribution in [0.5, 0.6) is 0 Å². The highest BCUT2D eigenvalue weighted by Gasteiger charge is 2.63. The van der Waals surface area contributed by atoms with E-state index in [-0.39, 0.29) is 0 Å². The van der Waals surface area contributed by atoms with Crippen LogP contribution in [0.4, 0.5) is 27.6 Å². The Morgan fingerprint density at radius 2 is 1.03 bits per heavy atom. The second-order valence-electron chi connectivity index (χ2n) is 9.06. The summed E-state index contributed by atoms with van der Waals surface area (Å²) in [6.07, 6.45) is 3.56. The predicted octanol–water partition coefficient (Wildman–Crippen LogP) is 5.81. The molecular formula is C28H16F5NO2. The van der Waals surface area contributed by atoms with Gasteiger partial charge in [0.05, 0.1) is 11.8 Å². The van der Waals surface area contributed by atoms with Gasteiger partial charge in [0.25, 0.3) is 0 Å². The monoisotopic (exact) mass is 493 g/mol. The highest BCUT2D eigenvalue weighted by atomic mass is 19.2. The molecule has 0 N–H and O–H groups in total. The summed E-state index contributed by atoms with van der Waals surface area (Å²) >= 11 is 0. The van der Waals surface area contributed by atoms with Crippen molar-refractivity contribution < 1.29 is 31.5 Å². The van der Waals surface area contributed by atoms with Crippen LogP contribution in [0.25, 0.3) is 5.57 Å². The summed E-state index contributed by atoms with van der Waals surface area (Å²) in [5.41, 5.74) is 1.71. The summed E-state index contributed by atoms with van der Waals surface area (Å²) in [6, 6.07) is 12.2. The third kappa shape index (κ3) is 3.17. The maximum Gasteiger partial charge on any atom is 0.238 e. The van der Waals surface area contributed by atoms with Crippen molar-refractivity contribution in [2.45, 2.75) is 0 Å². The third-order valence-corrected chi connectivity index (χ3v) is 7.18. The fourth-order valence-corrected chi connectivity index (χ4v) is 5.80. The van der Waals surface area contributed by atoms with Gasteiger partial charge in [0.15, 0.2) is 11.6 Å². The van der Waals surface area contributed by atoms with Crippen molar-refractivity contribution in [3.63, 3.8) is 0 Å². The fraction of sp³-hybridized carbons (Fsp3) is 0.143. The average molecular weight is 493 g/mol. The van der Waals surface area contributed by atoms with Gasteiger partial charge in [-0.25, -0.2) is 26.9 Å². The fourth-order valence-electron chi connectivity index (χ4n) is 5.80. The zero-order valence-corrected chi connectivity index (χ0v) is 18.4. The van der Waals surface area contributed by atoms with Crippen molar-refractivity contribution in [3.8, 4) is 0 Å². The Morgan fingerprint density at radius 3 is 1.44 bits per heavy atom. The van der Waals surface area contributed by atoms with Gasteiger partial charge in [0, 0.05) is 24.0 Å². The number of anilines is 1. The lowest BCUT2D eigenvalue weighted by Gasteiger charge is -2.22. The molecule has 1 saturated carbocycles. The lowest BCUT2D eigenvalue weighted by molar-refractivity contribution is -0.123. The molecule has 2 bridgehead atoms. The minimum Gasteiger partial charge on any atom is -0.274 e. The SMILES string of the molecule is O=C1[C@H]2[C@H](C(=O)N1c1c(F)cc(F)cc1F)[C@H]1C=C[C@H]2C1=C(c1ccc(F)cc1)c1ccc(F)cc1. The Labute approximate surface area is 202 Å². The number of halogens is 5. The molecule has 1 heterocycles. The van der Waals surface area contributed by atoms with Crippen LogP contribution in [-0.2, 0) is 9.59 Å². The number of rotatable bonds is 3. The van der Waals surface area contributed by atoms with E-state index in [9.17, 15) is 31.5 Å². The average Bonchev–Trinajstić information content (AvgIpc) is 3.46. The number of hydrogen-bond donors (Lipinski definition) is 0. The zero-order valence-electron chi connectivity index (χ0n) is 18.4. The van der Waals surface area contributed by atoms with Gasteiger partial charge in [-0.3, -0.25) is 9.59 Å². The van der Waals surface area contributed by atoms with Gasteiger partial charge in [-0.05, 0) is 46.5 Å². The Hall–Kier alpha value is -4.07. The van der Waals surface area contributed by atoms with Gasteiger partial charge in [-0.15, -0.1) is 0 Å². The first kappa shape index (κ1) is 22.4. The van der Waals surface area contributed by atoms with Crippen LogP contribution in [0.1, 0.15) is 11.1 Å². The van der Waals surface area contributed by atoms with E-state index in [1.165, 1.54) is 24.3 Å². The summed E-state index contributed by atoms with van der Waals surface area (Å²) in [7, 11) is 0. The van der Waals surface area contributed by atoms with Crippen LogP contribution in [0, 0.1) is 52.8 Å². The first-order chi connectivity index (χ1) is 17.3. The standard InChI is InChI=1S/C28H16F5NO2/c29-15-5-1-13(2-6-15)22(14-3-7-16(30)8-4-14)23-18-9-10-19(23)25-24(18)27(35)34(28(25)36)26-20(32)11-17(31)12-21(26)33/h1-12,18-19,24-25H/t18-,19-,24+,25+/m0/s1. The van der Waals surface area contributed by atoms with Crippen LogP contribution in [0.3, 0.4) is 0 Å². The molecule has 0 unspecified atom stereocenters. The molecule has 3 aromatic rings. The minimum absolute atomic E-state index is 0.423. The minimum atomic E-state index is -1.34. The predicted molar refractivity (Wildman–Crippen MR) is 121 cm³/mol. The number of amides is 2. The van der Waals surface area contributed by atoms with Gasteiger partial charge in [-0.2, -0.15) is 0 Å². The quantitative estimate of drug-likeness (QED) is 0.263. The largest absolute Gasteiger partial charge is 0.274 e. The van der Waals surface area contributed by atoms with Crippen LogP contribution < -0.4 is 4.90 Å². The Kier molecular flexibility index (Phi) is 4.96. The molecule has 8 heteroatoms. The first-order valence-electron chi connectivity index (χ1n) is 11.2. The van der Waals surface area contributed by atoms with E-state index in [1.807, 2.05) is 0 Å². The van der Waals surface area contributed by atoms with Gasteiger partial charge < -0.3 is 0 Å². The molecule has 0 radical (unpaired) electrons. The normalized spacial score (nSPS) is 24.1. The highest BCUT2D eigenvalue weighted by molar-refractivity contribution is 6.23. The van der Waals surface area contributed by atoms with Crippen LogP contribution in [-0.4, -0.2) is 11.8 Å². The molecule has 3 aliphatic rings. The van der Waals surface area contributed by atoms with Crippen molar-refractivity contribution in [2.75, 3.05) is 4.90 Å². The molecule has 6 rings (SSSR count). The number of allylic oxidation sites excluding steroid dienone is 3. The number of nitrogens with zero attached hydrogens (tertiary/aromatic N) is 1. The molecule has 1 aliphatic heterocycles. The summed E-state index contributed by atoms with van der Waals surface area (Å²) in [4.78, 5) is 27.3. The summed E-state index contributed by atoms with van der Waals surface area (Å²) in [5, 5.41) is 0. The van der Waals surface area contributed by atoms with Crippen molar-refractivity contribution >= 4 is 23.1 Å². The maximum absolute atomic E-state index is 14.5. The van der Waals surface area contributed by atoms with Crippen molar-refractivity contribution in [2.24, 2.45) is 23.7 Å².